The highest BCUT2D eigenvalue weighted by atomic mass is 32.2. The first kappa shape index (κ1) is 13.9. The van der Waals surface area contributed by atoms with E-state index in [2.05, 4.69) is 9.97 Å². The maximum Gasteiger partial charge on any atom is 0.492 e. The fourth-order valence-electron chi connectivity index (χ4n) is 1.60. The summed E-state index contributed by atoms with van der Waals surface area (Å²) < 4.78 is 5.08. The molecule has 0 atom stereocenters. The molecule has 0 saturated carbocycles. The lowest BCUT2D eigenvalue weighted by atomic mass is 9.79. The fraction of sp³-hybridized carbons (Fsp3) is 0.167. The smallest absolute Gasteiger partial charge is 0.492 e. The second-order valence-corrected chi connectivity index (χ2v) is 4.78. The van der Waals surface area contributed by atoms with Crippen LogP contribution >= 0.6 is 11.8 Å². The van der Waals surface area contributed by atoms with Crippen LogP contribution in [0.15, 0.2) is 41.8 Å². The quantitative estimate of drug-likeness (QED) is 0.469. The first-order valence-corrected chi connectivity index (χ1v) is 6.61. The number of thioether (sulfide) groups is 1. The van der Waals surface area contributed by atoms with Gasteiger partial charge in [-0.15, -0.1) is 11.8 Å². The van der Waals surface area contributed by atoms with E-state index in [-0.39, 0.29) is 0 Å². The molecule has 0 bridgehead atoms. The Bertz CT molecular complexity index is 540. The van der Waals surface area contributed by atoms with Gasteiger partial charge < -0.3 is 14.8 Å². The van der Waals surface area contributed by atoms with E-state index in [1.165, 1.54) is 13.4 Å². The highest BCUT2D eigenvalue weighted by Crippen LogP contribution is 2.20. The Balaban J connectivity index is 2.11. The summed E-state index contributed by atoms with van der Waals surface area (Å²) in [5.41, 5.74) is 1.33. The molecule has 0 spiro atoms. The van der Waals surface area contributed by atoms with E-state index in [1.54, 1.807) is 30.1 Å². The molecule has 1 heterocycles. The van der Waals surface area contributed by atoms with Crippen molar-refractivity contribution in [2.45, 2.75) is 10.8 Å². The zero-order valence-electron chi connectivity index (χ0n) is 10.4. The maximum absolute atomic E-state index is 9.29. The van der Waals surface area contributed by atoms with Gasteiger partial charge in [0.15, 0.2) is 0 Å². The van der Waals surface area contributed by atoms with Crippen LogP contribution in [0.2, 0.25) is 0 Å². The minimum atomic E-state index is -1.54. The molecule has 1 aromatic heterocycles. The number of nitrogens with zero attached hydrogens (tertiary/aromatic N) is 2. The lowest BCUT2D eigenvalue weighted by molar-refractivity contribution is 0.403. The highest BCUT2D eigenvalue weighted by Gasteiger charge is 2.17. The van der Waals surface area contributed by atoms with Gasteiger partial charge in [-0.05, 0) is 17.7 Å². The molecule has 0 unspecified atom stereocenters. The third-order valence-electron chi connectivity index (χ3n) is 2.51. The van der Waals surface area contributed by atoms with Gasteiger partial charge in [-0.1, -0.05) is 12.1 Å². The number of hydrogen-bond acceptors (Lipinski definition) is 6. The van der Waals surface area contributed by atoms with E-state index in [9.17, 15) is 10.0 Å². The average Bonchev–Trinajstić information content (AvgIpc) is 2.46. The molecular weight excluding hydrogens is 263 g/mol. The molecule has 1 aromatic carbocycles. The van der Waals surface area contributed by atoms with Gasteiger partial charge in [0.05, 0.1) is 12.1 Å². The lowest BCUT2D eigenvalue weighted by Crippen LogP contribution is -2.31. The predicted molar refractivity (Wildman–Crippen MR) is 74.4 cm³/mol. The number of aromatic nitrogens is 2. The number of rotatable bonds is 5. The van der Waals surface area contributed by atoms with Gasteiger partial charge in [-0.2, -0.15) is 0 Å². The standard InChI is InChI=1S/C12H13BN2O3S/c1-18-11-3-2-9(6-10(11)13(16)17)7-19-12-4-5-14-8-15-12/h2-6,8,16-17H,7H2,1H3. The average molecular weight is 276 g/mol. The summed E-state index contributed by atoms with van der Waals surface area (Å²) in [5, 5.41) is 19.5. The molecule has 2 N–H and O–H groups in total. The molecule has 0 aliphatic rings. The van der Waals surface area contributed by atoms with E-state index in [0.29, 0.717) is 17.0 Å². The molecule has 0 aliphatic heterocycles. The van der Waals surface area contributed by atoms with Crippen LogP contribution in [0, 0.1) is 0 Å². The number of ether oxygens (including phenoxy) is 1. The van der Waals surface area contributed by atoms with E-state index >= 15 is 0 Å². The molecule has 0 fully saturated rings. The number of benzene rings is 1. The summed E-state index contributed by atoms with van der Waals surface area (Å²) in [6, 6.07) is 7.16. The zero-order valence-corrected chi connectivity index (χ0v) is 11.2. The third-order valence-corrected chi connectivity index (χ3v) is 3.53. The van der Waals surface area contributed by atoms with E-state index in [0.717, 1.165) is 10.6 Å². The van der Waals surface area contributed by atoms with Gasteiger partial charge >= 0.3 is 7.12 Å². The van der Waals surface area contributed by atoms with Crippen molar-refractivity contribution in [2.75, 3.05) is 7.11 Å². The van der Waals surface area contributed by atoms with Crippen LogP contribution in [0.3, 0.4) is 0 Å². The fourth-order valence-corrected chi connectivity index (χ4v) is 2.37. The van der Waals surface area contributed by atoms with Crippen LogP contribution in [-0.2, 0) is 5.75 Å². The topological polar surface area (TPSA) is 75.5 Å². The monoisotopic (exact) mass is 276 g/mol. The molecule has 5 nitrogen and oxygen atoms in total. The van der Waals surface area contributed by atoms with Gasteiger partial charge in [0, 0.05) is 17.4 Å². The largest absolute Gasteiger partial charge is 0.497 e. The van der Waals surface area contributed by atoms with Crippen molar-refractivity contribution in [2.24, 2.45) is 0 Å². The summed E-state index contributed by atoms with van der Waals surface area (Å²) in [7, 11) is -0.0461. The Labute approximate surface area is 115 Å². The van der Waals surface area contributed by atoms with Crippen LogP contribution in [0.1, 0.15) is 5.56 Å². The first-order valence-electron chi connectivity index (χ1n) is 5.62. The van der Waals surface area contributed by atoms with Crippen molar-refractivity contribution < 1.29 is 14.8 Å². The molecule has 0 saturated heterocycles. The second kappa shape index (κ2) is 6.56. The number of methoxy groups -OCH3 is 1. The molecule has 0 radical (unpaired) electrons. The summed E-state index contributed by atoms with van der Waals surface area (Å²) in [4.78, 5) is 7.97. The predicted octanol–water partition coefficient (Wildman–Crippen LogP) is 0.457. The Morgan fingerprint density at radius 1 is 1.32 bits per heavy atom. The molecule has 2 aromatic rings. The Kier molecular flexibility index (Phi) is 4.78. The Morgan fingerprint density at radius 2 is 2.16 bits per heavy atom. The first-order chi connectivity index (χ1) is 9.20. The van der Waals surface area contributed by atoms with Crippen molar-refractivity contribution >= 4 is 24.3 Å². The van der Waals surface area contributed by atoms with Crippen LogP contribution in [0.4, 0.5) is 0 Å². The normalized spacial score (nSPS) is 10.3. The van der Waals surface area contributed by atoms with Crippen molar-refractivity contribution in [3.8, 4) is 5.75 Å². The summed E-state index contributed by atoms with van der Waals surface area (Å²) >= 11 is 1.55. The second-order valence-electron chi connectivity index (χ2n) is 3.79. The lowest BCUT2D eigenvalue weighted by Gasteiger charge is -2.09. The van der Waals surface area contributed by atoms with Gasteiger partial charge in [0.1, 0.15) is 12.1 Å². The van der Waals surface area contributed by atoms with E-state index in [1.807, 2.05) is 12.1 Å². The van der Waals surface area contributed by atoms with Crippen LogP contribution in [0.5, 0.6) is 5.75 Å². The summed E-state index contributed by atoms with van der Waals surface area (Å²) in [6.45, 7) is 0. The van der Waals surface area contributed by atoms with Crippen molar-refractivity contribution in [3.63, 3.8) is 0 Å². The van der Waals surface area contributed by atoms with Gasteiger partial charge in [-0.3, -0.25) is 0 Å². The van der Waals surface area contributed by atoms with Crippen molar-refractivity contribution in [3.05, 3.63) is 42.4 Å². The van der Waals surface area contributed by atoms with Crippen LogP contribution < -0.4 is 10.2 Å². The minimum Gasteiger partial charge on any atom is -0.497 e. The molecule has 19 heavy (non-hydrogen) atoms. The Hall–Kier alpha value is -1.57. The zero-order chi connectivity index (χ0) is 13.7. The van der Waals surface area contributed by atoms with Gasteiger partial charge in [0.2, 0.25) is 0 Å². The third kappa shape index (κ3) is 3.70. The summed E-state index contributed by atoms with van der Waals surface area (Å²) in [5.74, 6) is 1.14. The van der Waals surface area contributed by atoms with Gasteiger partial charge in [-0.25, -0.2) is 9.97 Å². The van der Waals surface area contributed by atoms with Crippen molar-refractivity contribution in [1.29, 1.82) is 0 Å². The van der Waals surface area contributed by atoms with Crippen LogP contribution in [0.25, 0.3) is 0 Å². The molecule has 7 heteroatoms. The van der Waals surface area contributed by atoms with E-state index in [4.69, 9.17) is 4.74 Å². The molecule has 2 rings (SSSR count). The minimum absolute atomic E-state index is 0.364. The molecule has 0 amide bonds. The number of hydrogen-bond donors (Lipinski definition) is 2. The molecule has 98 valence electrons. The maximum atomic E-state index is 9.29. The molecule has 0 aliphatic carbocycles. The van der Waals surface area contributed by atoms with Gasteiger partial charge in [0.25, 0.3) is 0 Å². The van der Waals surface area contributed by atoms with E-state index < -0.39 is 7.12 Å². The highest BCUT2D eigenvalue weighted by molar-refractivity contribution is 7.98. The molecular formula is C12H13BN2O3S. The van der Waals surface area contributed by atoms with Crippen LogP contribution in [-0.4, -0.2) is 34.2 Å². The SMILES string of the molecule is COc1ccc(CSc2ccncn2)cc1B(O)O. The Morgan fingerprint density at radius 3 is 2.79 bits per heavy atom. The summed E-state index contributed by atoms with van der Waals surface area (Å²) in [6.07, 6.45) is 3.19. The van der Waals surface area contributed by atoms with Crippen molar-refractivity contribution in [1.82, 2.24) is 9.97 Å².